The number of ketones is 1. The average molecular weight is 401 g/mol. The number of carbonyl (C=O) groups excluding carboxylic acids is 1. The molecule has 2 spiro atoms. The molecule has 1 saturated heterocycles. The molecule has 0 bridgehead atoms. The van der Waals surface area contributed by atoms with Crippen molar-refractivity contribution >= 4 is 5.78 Å². The molecule has 0 amide bonds. The van der Waals surface area contributed by atoms with Crippen molar-refractivity contribution in [3.8, 4) is 11.5 Å². The zero-order valence-corrected chi connectivity index (χ0v) is 18.1. The minimum Gasteiger partial charge on any atom is -0.487 e. The Morgan fingerprint density at radius 3 is 2.21 bits per heavy atom. The Kier molecular flexibility index (Phi) is 4.15. The summed E-state index contributed by atoms with van der Waals surface area (Å²) in [7, 11) is 0. The molecule has 1 aromatic carbocycles. The van der Waals surface area contributed by atoms with E-state index in [4.69, 9.17) is 18.9 Å². The summed E-state index contributed by atoms with van der Waals surface area (Å²) >= 11 is 0. The molecule has 0 atom stereocenters. The maximum Gasteiger partial charge on any atom is 0.170 e. The average Bonchev–Trinajstić information content (AvgIpc) is 2.65. The first-order valence-electron chi connectivity index (χ1n) is 10.9. The Labute approximate surface area is 173 Å². The van der Waals surface area contributed by atoms with E-state index in [1.54, 1.807) is 0 Å². The zero-order valence-electron chi connectivity index (χ0n) is 18.1. The second-order valence-electron chi connectivity index (χ2n) is 10.9. The predicted molar refractivity (Wildman–Crippen MR) is 109 cm³/mol. The van der Waals surface area contributed by atoms with Crippen molar-refractivity contribution in [3.63, 3.8) is 0 Å². The van der Waals surface area contributed by atoms with Crippen molar-refractivity contribution in [2.75, 3.05) is 13.2 Å². The van der Waals surface area contributed by atoms with Gasteiger partial charge in [0.15, 0.2) is 11.6 Å². The van der Waals surface area contributed by atoms with E-state index in [-0.39, 0.29) is 16.8 Å². The SMILES string of the molecule is CC1(C)COC2(CCC3(CC2)CC(=O)c2cc4c(cc2O3)OC(C)(C)CC4)OC1. The minimum absolute atomic E-state index is 0.0590. The lowest BCUT2D eigenvalue weighted by atomic mass is 9.75. The van der Waals surface area contributed by atoms with Crippen LogP contribution < -0.4 is 9.47 Å². The van der Waals surface area contributed by atoms with Crippen molar-refractivity contribution in [2.45, 2.75) is 89.6 Å². The van der Waals surface area contributed by atoms with E-state index in [9.17, 15) is 4.79 Å². The van der Waals surface area contributed by atoms with Crippen LogP contribution in [0.1, 0.15) is 82.1 Å². The van der Waals surface area contributed by atoms with Crippen molar-refractivity contribution in [1.82, 2.24) is 0 Å². The third-order valence-corrected chi connectivity index (χ3v) is 7.03. The van der Waals surface area contributed by atoms with Gasteiger partial charge in [0.25, 0.3) is 0 Å². The summed E-state index contributed by atoms with van der Waals surface area (Å²) in [4.78, 5) is 13.0. The van der Waals surface area contributed by atoms with Crippen LogP contribution in [0.15, 0.2) is 12.1 Å². The first-order valence-corrected chi connectivity index (χ1v) is 10.9. The molecule has 3 aliphatic heterocycles. The second-order valence-corrected chi connectivity index (χ2v) is 10.9. The molecular weight excluding hydrogens is 368 g/mol. The van der Waals surface area contributed by atoms with Crippen LogP contribution in [0.3, 0.4) is 0 Å². The van der Waals surface area contributed by atoms with Crippen molar-refractivity contribution in [3.05, 3.63) is 23.3 Å². The van der Waals surface area contributed by atoms with E-state index in [0.717, 1.165) is 49.8 Å². The van der Waals surface area contributed by atoms with Gasteiger partial charge < -0.3 is 18.9 Å². The Balaban J connectivity index is 1.36. The van der Waals surface area contributed by atoms with Gasteiger partial charge in [-0.1, -0.05) is 13.8 Å². The Bertz CT molecular complexity index is 833. The van der Waals surface area contributed by atoms with Crippen LogP contribution in [0.4, 0.5) is 0 Å². The van der Waals surface area contributed by atoms with Gasteiger partial charge in [0.1, 0.15) is 22.7 Å². The van der Waals surface area contributed by atoms with Crippen LogP contribution in [-0.4, -0.2) is 36.0 Å². The molecule has 0 N–H and O–H groups in total. The van der Waals surface area contributed by atoms with Crippen LogP contribution in [0, 0.1) is 5.41 Å². The van der Waals surface area contributed by atoms with Crippen LogP contribution in [0.25, 0.3) is 0 Å². The molecule has 0 unspecified atom stereocenters. The van der Waals surface area contributed by atoms with Gasteiger partial charge in [-0.15, -0.1) is 0 Å². The summed E-state index contributed by atoms with van der Waals surface area (Å²) in [6, 6.07) is 3.94. The maximum atomic E-state index is 13.0. The molecule has 5 nitrogen and oxygen atoms in total. The van der Waals surface area contributed by atoms with Gasteiger partial charge in [0.2, 0.25) is 0 Å². The summed E-state index contributed by atoms with van der Waals surface area (Å²) in [5, 5.41) is 0. The molecule has 3 heterocycles. The summed E-state index contributed by atoms with van der Waals surface area (Å²) in [5.41, 5.74) is 1.25. The maximum absolute atomic E-state index is 13.0. The number of rotatable bonds is 0. The Morgan fingerprint density at radius 1 is 0.828 bits per heavy atom. The lowest BCUT2D eigenvalue weighted by molar-refractivity contribution is -0.318. The highest BCUT2D eigenvalue weighted by atomic mass is 16.7. The molecule has 1 saturated carbocycles. The number of Topliss-reactive ketones (excluding diaryl/α,β-unsaturated/α-hetero) is 1. The fraction of sp³-hybridized carbons (Fsp3) is 0.708. The topological polar surface area (TPSA) is 54.0 Å². The van der Waals surface area contributed by atoms with Crippen molar-refractivity contribution < 1.29 is 23.7 Å². The molecule has 1 aliphatic carbocycles. The smallest absolute Gasteiger partial charge is 0.170 e. The fourth-order valence-corrected chi connectivity index (χ4v) is 5.03. The summed E-state index contributed by atoms with van der Waals surface area (Å²) in [6.07, 6.45) is 5.38. The summed E-state index contributed by atoms with van der Waals surface area (Å²) < 4.78 is 25.0. The van der Waals surface area contributed by atoms with Crippen LogP contribution in [0.5, 0.6) is 11.5 Å². The van der Waals surface area contributed by atoms with E-state index >= 15 is 0 Å². The highest BCUT2D eigenvalue weighted by Crippen LogP contribution is 2.49. The Morgan fingerprint density at radius 2 is 1.52 bits per heavy atom. The lowest BCUT2D eigenvalue weighted by Crippen LogP contribution is -2.55. The number of hydrogen-bond donors (Lipinski definition) is 0. The highest BCUT2D eigenvalue weighted by molar-refractivity contribution is 6.00. The molecule has 4 aliphatic rings. The molecule has 1 aromatic rings. The molecule has 0 aromatic heterocycles. The number of fused-ring (bicyclic) bond motifs is 2. The van der Waals surface area contributed by atoms with E-state index in [1.807, 2.05) is 12.1 Å². The largest absolute Gasteiger partial charge is 0.487 e. The lowest BCUT2D eigenvalue weighted by Gasteiger charge is -2.50. The number of hydrogen-bond acceptors (Lipinski definition) is 5. The van der Waals surface area contributed by atoms with Crippen molar-refractivity contribution in [1.29, 1.82) is 0 Å². The summed E-state index contributed by atoms with van der Waals surface area (Å²) in [6.45, 7) is 9.95. The van der Waals surface area contributed by atoms with E-state index in [2.05, 4.69) is 27.7 Å². The molecular formula is C24H32O5. The van der Waals surface area contributed by atoms with Gasteiger partial charge in [0, 0.05) is 24.3 Å². The van der Waals surface area contributed by atoms with Crippen LogP contribution in [-0.2, 0) is 15.9 Å². The fourth-order valence-electron chi connectivity index (χ4n) is 5.03. The molecule has 158 valence electrons. The number of carbonyl (C=O) groups is 1. The van der Waals surface area contributed by atoms with Gasteiger partial charge in [-0.2, -0.15) is 0 Å². The quantitative estimate of drug-likeness (QED) is 0.624. The van der Waals surface area contributed by atoms with Crippen LogP contribution >= 0.6 is 0 Å². The zero-order chi connectivity index (χ0) is 20.5. The van der Waals surface area contributed by atoms with Gasteiger partial charge in [0.05, 0.1) is 25.2 Å². The van der Waals surface area contributed by atoms with Crippen molar-refractivity contribution in [2.24, 2.45) is 5.41 Å². The predicted octanol–water partition coefficient (Wildman–Crippen LogP) is 4.84. The first-order chi connectivity index (χ1) is 13.6. The van der Waals surface area contributed by atoms with E-state index < -0.39 is 11.4 Å². The van der Waals surface area contributed by atoms with E-state index in [1.165, 1.54) is 0 Å². The normalized spacial score (nSPS) is 28.2. The van der Waals surface area contributed by atoms with Gasteiger partial charge >= 0.3 is 0 Å². The third-order valence-electron chi connectivity index (χ3n) is 7.03. The second kappa shape index (κ2) is 6.21. The number of ether oxygens (including phenoxy) is 4. The highest BCUT2D eigenvalue weighted by Gasteiger charge is 2.51. The third kappa shape index (κ3) is 3.46. The molecule has 2 fully saturated rings. The minimum atomic E-state index is -0.504. The molecule has 5 heteroatoms. The number of benzene rings is 1. The standard InChI is InChI=1S/C24H32O5/c1-21(2)14-26-24(27-15-21)9-7-23(8-10-24)13-18(25)17-11-16-5-6-22(3,4)28-19(16)12-20(17)29-23/h11-12H,5-10,13-15H2,1-4H3. The summed E-state index contributed by atoms with van der Waals surface area (Å²) in [5.74, 6) is 1.22. The van der Waals surface area contributed by atoms with Gasteiger partial charge in [-0.25, -0.2) is 0 Å². The monoisotopic (exact) mass is 400 g/mol. The number of aryl methyl sites for hydroxylation is 1. The molecule has 0 radical (unpaired) electrons. The van der Waals surface area contributed by atoms with Gasteiger partial charge in [-0.05, 0) is 51.2 Å². The first kappa shape index (κ1) is 19.4. The van der Waals surface area contributed by atoms with Gasteiger partial charge in [-0.3, -0.25) is 4.79 Å². The van der Waals surface area contributed by atoms with Crippen LogP contribution in [0.2, 0.25) is 0 Å². The van der Waals surface area contributed by atoms with E-state index in [0.29, 0.717) is 30.9 Å². The Hall–Kier alpha value is -1.59. The molecule has 29 heavy (non-hydrogen) atoms. The molecule has 5 rings (SSSR count).